The Balaban J connectivity index is 1.82. The van der Waals surface area contributed by atoms with Gasteiger partial charge in [-0.2, -0.15) is 0 Å². The van der Waals surface area contributed by atoms with Gasteiger partial charge in [-0.3, -0.25) is 0 Å². The third-order valence-electron chi connectivity index (χ3n) is 3.36. The first kappa shape index (κ1) is 13.0. The monoisotopic (exact) mass is 275 g/mol. The second-order valence-corrected chi connectivity index (χ2v) is 4.81. The lowest BCUT2D eigenvalue weighted by molar-refractivity contribution is -0.130. The van der Waals surface area contributed by atoms with Crippen LogP contribution in [-0.2, 0) is 14.3 Å². The molecule has 20 heavy (non-hydrogen) atoms. The minimum absolute atomic E-state index is 0.131. The number of hydrogen-bond acceptors (Lipinski definition) is 4. The average Bonchev–Trinajstić information content (AvgIpc) is 2.81. The number of carbonyl (C=O) groups is 1. The van der Waals surface area contributed by atoms with Crippen molar-refractivity contribution in [1.29, 1.82) is 0 Å². The molecule has 0 saturated carbocycles. The third-order valence-corrected chi connectivity index (χ3v) is 3.36. The second kappa shape index (κ2) is 5.54. The molecule has 1 aromatic rings. The van der Waals surface area contributed by atoms with Gasteiger partial charge in [-0.1, -0.05) is 12.1 Å². The Morgan fingerprint density at radius 2 is 2.10 bits per heavy atom. The summed E-state index contributed by atoms with van der Waals surface area (Å²) >= 11 is 0. The van der Waals surface area contributed by atoms with E-state index in [-0.39, 0.29) is 17.4 Å². The number of aliphatic imine (C=N–C) groups is 1. The van der Waals surface area contributed by atoms with Crippen molar-refractivity contribution in [3.63, 3.8) is 0 Å². The quantitative estimate of drug-likeness (QED) is 0.615. The summed E-state index contributed by atoms with van der Waals surface area (Å²) in [6, 6.07) is 6.00. The summed E-state index contributed by atoms with van der Waals surface area (Å²) in [4.78, 5) is 16.0. The molecule has 1 saturated heterocycles. The zero-order valence-corrected chi connectivity index (χ0v) is 10.8. The molecule has 0 aromatic heterocycles. The molecule has 104 valence electrons. The number of benzene rings is 1. The Hall–Kier alpha value is -2.01. The normalized spacial score (nSPS) is 21.9. The standard InChI is InChI=1S/C15H14FNO3/c16-12-3-1-2-10(8-12)9-13-15(18)20-14(17-13)11-4-6-19-7-5-11/h1-3,8-9,11H,4-7H2/b13-9+. The van der Waals surface area contributed by atoms with Crippen LogP contribution in [0.5, 0.6) is 0 Å². The molecule has 0 atom stereocenters. The number of nitrogens with zero attached hydrogens (tertiary/aromatic N) is 1. The van der Waals surface area contributed by atoms with Gasteiger partial charge in [-0.05, 0) is 36.6 Å². The second-order valence-electron chi connectivity index (χ2n) is 4.81. The van der Waals surface area contributed by atoms with Crippen molar-refractivity contribution in [3.05, 3.63) is 41.3 Å². The van der Waals surface area contributed by atoms with Gasteiger partial charge in [0.25, 0.3) is 0 Å². The predicted octanol–water partition coefficient (Wildman–Crippen LogP) is 2.55. The Labute approximate surface area is 115 Å². The van der Waals surface area contributed by atoms with Crippen molar-refractivity contribution in [2.75, 3.05) is 13.2 Å². The summed E-state index contributed by atoms with van der Waals surface area (Å²) in [5, 5.41) is 0. The van der Waals surface area contributed by atoms with E-state index in [9.17, 15) is 9.18 Å². The number of rotatable bonds is 2. The molecule has 5 heteroatoms. The highest BCUT2D eigenvalue weighted by atomic mass is 19.1. The summed E-state index contributed by atoms with van der Waals surface area (Å²) in [7, 11) is 0. The van der Waals surface area contributed by atoms with Crippen molar-refractivity contribution < 1.29 is 18.7 Å². The van der Waals surface area contributed by atoms with Crippen molar-refractivity contribution in [2.24, 2.45) is 10.9 Å². The molecule has 2 heterocycles. The number of cyclic esters (lactones) is 1. The molecular weight excluding hydrogens is 261 g/mol. The van der Waals surface area contributed by atoms with E-state index in [4.69, 9.17) is 9.47 Å². The van der Waals surface area contributed by atoms with E-state index >= 15 is 0 Å². The fraction of sp³-hybridized carbons (Fsp3) is 0.333. The largest absolute Gasteiger partial charge is 0.406 e. The number of halogens is 1. The van der Waals surface area contributed by atoms with Crippen LogP contribution in [-0.4, -0.2) is 25.1 Å². The third kappa shape index (κ3) is 2.77. The molecule has 0 bridgehead atoms. The topological polar surface area (TPSA) is 47.9 Å². The van der Waals surface area contributed by atoms with E-state index < -0.39 is 5.97 Å². The lowest BCUT2D eigenvalue weighted by atomic mass is 10.0. The molecule has 2 aliphatic heterocycles. The van der Waals surface area contributed by atoms with E-state index in [2.05, 4.69) is 4.99 Å². The maximum Gasteiger partial charge on any atom is 0.363 e. The molecule has 2 aliphatic rings. The van der Waals surface area contributed by atoms with Gasteiger partial charge >= 0.3 is 5.97 Å². The highest BCUT2D eigenvalue weighted by Crippen LogP contribution is 2.24. The van der Waals surface area contributed by atoms with Gasteiger partial charge in [0.15, 0.2) is 5.70 Å². The predicted molar refractivity (Wildman–Crippen MR) is 71.4 cm³/mol. The summed E-state index contributed by atoms with van der Waals surface area (Å²) in [6.07, 6.45) is 3.15. The minimum atomic E-state index is -0.476. The molecule has 0 spiro atoms. The van der Waals surface area contributed by atoms with Crippen molar-refractivity contribution in [1.82, 2.24) is 0 Å². The first-order valence-corrected chi connectivity index (χ1v) is 6.58. The molecule has 3 rings (SSSR count). The lowest BCUT2D eigenvalue weighted by Gasteiger charge is -2.20. The maximum absolute atomic E-state index is 13.1. The molecule has 1 aromatic carbocycles. The van der Waals surface area contributed by atoms with Crippen LogP contribution >= 0.6 is 0 Å². The number of esters is 1. The molecule has 0 amide bonds. The van der Waals surface area contributed by atoms with Crippen LogP contribution < -0.4 is 0 Å². The van der Waals surface area contributed by atoms with Gasteiger partial charge in [0, 0.05) is 19.1 Å². The fourth-order valence-corrected chi connectivity index (χ4v) is 2.30. The van der Waals surface area contributed by atoms with Crippen molar-refractivity contribution in [3.8, 4) is 0 Å². The average molecular weight is 275 g/mol. The van der Waals surface area contributed by atoms with E-state index in [1.807, 2.05) is 0 Å². The zero-order chi connectivity index (χ0) is 13.9. The Morgan fingerprint density at radius 1 is 1.30 bits per heavy atom. The summed E-state index contributed by atoms with van der Waals surface area (Å²) < 4.78 is 23.6. The van der Waals surface area contributed by atoms with Gasteiger partial charge in [0.05, 0.1) is 0 Å². The zero-order valence-electron chi connectivity index (χ0n) is 10.8. The van der Waals surface area contributed by atoms with Gasteiger partial charge in [-0.15, -0.1) is 0 Å². The molecule has 0 radical (unpaired) electrons. The number of ether oxygens (including phenoxy) is 2. The van der Waals surface area contributed by atoms with E-state index in [0.717, 1.165) is 12.8 Å². The Kier molecular flexibility index (Phi) is 3.60. The highest BCUT2D eigenvalue weighted by molar-refractivity contribution is 6.07. The minimum Gasteiger partial charge on any atom is -0.406 e. The van der Waals surface area contributed by atoms with Crippen LogP contribution in [0.3, 0.4) is 0 Å². The lowest BCUT2D eigenvalue weighted by Crippen LogP contribution is -2.24. The van der Waals surface area contributed by atoms with Crippen LogP contribution in [0.25, 0.3) is 6.08 Å². The fourth-order valence-electron chi connectivity index (χ4n) is 2.30. The van der Waals surface area contributed by atoms with Crippen molar-refractivity contribution in [2.45, 2.75) is 12.8 Å². The number of carbonyl (C=O) groups excluding carboxylic acids is 1. The maximum atomic E-state index is 13.1. The van der Waals surface area contributed by atoms with E-state index in [0.29, 0.717) is 24.7 Å². The highest BCUT2D eigenvalue weighted by Gasteiger charge is 2.30. The SMILES string of the molecule is O=C1OC(C2CCOCC2)=N/C1=C/c1cccc(F)c1. The molecule has 4 nitrogen and oxygen atoms in total. The molecule has 1 fully saturated rings. The smallest absolute Gasteiger partial charge is 0.363 e. The van der Waals surface area contributed by atoms with E-state index in [1.54, 1.807) is 12.1 Å². The number of hydrogen-bond donors (Lipinski definition) is 0. The molecular formula is C15H14FNO3. The first-order valence-electron chi connectivity index (χ1n) is 6.58. The van der Waals surface area contributed by atoms with Crippen molar-refractivity contribution >= 4 is 17.9 Å². The molecule has 0 aliphatic carbocycles. The summed E-state index contributed by atoms with van der Waals surface area (Å²) in [6.45, 7) is 1.31. The van der Waals surface area contributed by atoms with Crippen LogP contribution in [0.2, 0.25) is 0 Å². The Bertz CT molecular complexity index is 589. The Morgan fingerprint density at radius 3 is 2.85 bits per heavy atom. The molecule has 0 N–H and O–H groups in total. The van der Waals surface area contributed by atoms with Gasteiger partial charge < -0.3 is 9.47 Å². The van der Waals surface area contributed by atoms with Crippen LogP contribution in [0, 0.1) is 11.7 Å². The molecule has 0 unspecified atom stereocenters. The summed E-state index contributed by atoms with van der Waals surface area (Å²) in [5.74, 6) is -0.234. The van der Waals surface area contributed by atoms with Gasteiger partial charge in [-0.25, -0.2) is 14.2 Å². The van der Waals surface area contributed by atoms with Crippen LogP contribution in [0.4, 0.5) is 4.39 Å². The van der Waals surface area contributed by atoms with E-state index in [1.165, 1.54) is 18.2 Å². The van der Waals surface area contributed by atoms with Crippen LogP contribution in [0.1, 0.15) is 18.4 Å². The van der Waals surface area contributed by atoms with Gasteiger partial charge in [0.1, 0.15) is 5.82 Å². The summed E-state index contributed by atoms with van der Waals surface area (Å²) in [5.41, 5.74) is 0.811. The van der Waals surface area contributed by atoms with Gasteiger partial charge in [0.2, 0.25) is 5.90 Å². The van der Waals surface area contributed by atoms with Crippen LogP contribution in [0.15, 0.2) is 35.0 Å². The first-order chi connectivity index (χ1) is 9.72.